The third-order valence-corrected chi connectivity index (χ3v) is 4.73. The molecular formula is C19H15F2N5O2. The van der Waals surface area contributed by atoms with E-state index in [9.17, 15) is 18.8 Å². The molecule has 1 aromatic carbocycles. The predicted octanol–water partition coefficient (Wildman–Crippen LogP) is 3.82. The van der Waals surface area contributed by atoms with Gasteiger partial charge in [0.1, 0.15) is 29.1 Å². The van der Waals surface area contributed by atoms with Crippen LogP contribution < -0.4 is 0 Å². The lowest BCUT2D eigenvalue weighted by Gasteiger charge is -2.49. The molecule has 9 heteroatoms. The lowest BCUT2D eigenvalue weighted by molar-refractivity contribution is -0.179. The fraction of sp³-hybridized carbons (Fsp3) is 0.263. The normalized spacial score (nSPS) is 16.4. The lowest BCUT2D eigenvalue weighted by Crippen LogP contribution is -2.62. The molecule has 0 N–H and O–H groups in total. The molecule has 0 saturated carbocycles. The molecule has 4 rings (SSSR count). The highest BCUT2D eigenvalue weighted by atomic mass is 19.1. The Labute approximate surface area is 158 Å². The Morgan fingerprint density at radius 2 is 2.04 bits per heavy atom. The Hall–Kier alpha value is -3.54. The summed E-state index contributed by atoms with van der Waals surface area (Å²) in [6.07, 6.45) is 1.89. The molecule has 3 heterocycles. The molecule has 1 amide bonds. The van der Waals surface area contributed by atoms with Gasteiger partial charge >= 0.3 is 6.09 Å². The molecule has 3 aromatic rings. The highest BCUT2D eigenvalue weighted by molar-refractivity contribution is 5.85. The largest absolute Gasteiger partial charge is 0.423 e. The van der Waals surface area contributed by atoms with E-state index < -0.39 is 29.5 Å². The number of aromatic nitrogens is 3. The van der Waals surface area contributed by atoms with E-state index in [4.69, 9.17) is 4.74 Å². The number of hydrogen-bond donors (Lipinski definition) is 0. The number of fused-ring (bicyclic) bond motifs is 1. The number of hydrogen-bond acceptors (Lipinski definition) is 5. The van der Waals surface area contributed by atoms with Gasteiger partial charge in [-0.15, -0.1) is 0 Å². The van der Waals surface area contributed by atoms with Crippen molar-refractivity contribution < 1.29 is 18.3 Å². The van der Waals surface area contributed by atoms with Gasteiger partial charge in [0.15, 0.2) is 5.72 Å². The van der Waals surface area contributed by atoms with E-state index in [1.807, 2.05) is 6.07 Å². The minimum absolute atomic E-state index is 0.184. The molecule has 0 aliphatic carbocycles. The molecule has 1 aliphatic rings. The topological polar surface area (TPSA) is 84.0 Å². The molecule has 28 heavy (non-hydrogen) atoms. The van der Waals surface area contributed by atoms with Gasteiger partial charge in [-0.2, -0.15) is 5.26 Å². The smallest absolute Gasteiger partial charge is 0.415 e. The second-order valence-corrected chi connectivity index (χ2v) is 6.93. The Bertz CT molecular complexity index is 1170. The monoisotopic (exact) mass is 383 g/mol. The van der Waals surface area contributed by atoms with Gasteiger partial charge in [0.25, 0.3) is 0 Å². The minimum atomic E-state index is -0.858. The van der Waals surface area contributed by atoms with Crippen molar-refractivity contribution in [1.29, 1.82) is 5.26 Å². The first kappa shape index (κ1) is 17.9. The summed E-state index contributed by atoms with van der Waals surface area (Å²) in [5.74, 6) is -0.991. The van der Waals surface area contributed by atoms with Crippen LogP contribution in [0.25, 0.3) is 16.7 Å². The second kappa shape index (κ2) is 5.99. The lowest BCUT2D eigenvalue weighted by atomic mass is 10.1. The number of nitrogens with zero attached hydrogens (tertiary/aromatic N) is 5. The number of carbonyl (C=O) groups is 1. The van der Waals surface area contributed by atoms with E-state index in [0.717, 1.165) is 12.3 Å². The van der Waals surface area contributed by atoms with E-state index in [1.54, 1.807) is 20.8 Å². The standard InChI is InChI=1S/C19H15F2N5O2/c1-10(26-18(27)28-19(26,2)3)17-24-15-5-4-14(21)13(7-22)16(15)25(17)12-6-11(20)8-23-9-12/h4-6,8-10H,1-3H3/t10-/m0/s1. The molecule has 0 bridgehead atoms. The summed E-state index contributed by atoms with van der Waals surface area (Å²) >= 11 is 0. The van der Waals surface area contributed by atoms with Crippen LogP contribution in [0.4, 0.5) is 13.6 Å². The van der Waals surface area contributed by atoms with Gasteiger partial charge in [-0.25, -0.2) is 18.6 Å². The first-order valence-corrected chi connectivity index (χ1v) is 8.49. The Morgan fingerprint density at radius 1 is 1.29 bits per heavy atom. The third-order valence-electron chi connectivity index (χ3n) is 4.73. The number of carbonyl (C=O) groups excluding carboxylic acids is 1. The number of rotatable bonds is 3. The summed E-state index contributed by atoms with van der Waals surface area (Å²) in [6, 6.07) is 5.04. The molecule has 1 fully saturated rings. The maximum Gasteiger partial charge on any atom is 0.415 e. The Kier molecular flexibility index (Phi) is 3.82. The van der Waals surface area contributed by atoms with Crippen molar-refractivity contribution in [1.82, 2.24) is 19.4 Å². The number of benzene rings is 1. The highest BCUT2D eigenvalue weighted by Gasteiger charge is 2.50. The number of ether oxygens (including phenoxy) is 1. The van der Waals surface area contributed by atoms with Gasteiger partial charge in [0, 0.05) is 6.07 Å². The maximum atomic E-state index is 14.3. The predicted molar refractivity (Wildman–Crippen MR) is 94.3 cm³/mol. The zero-order valence-corrected chi connectivity index (χ0v) is 15.3. The minimum Gasteiger partial charge on any atom is -0.423 e. The van der Waals surface area contributed by atoms with Crippen molar-refractivity contribution in [2.75, 3.05) is 0 Å². The van der Waals surface area contributed by atoms with Crippen LogP contribution in [0.1, 0.15) is 38.2 Å². The van der Waals surface area contributed by atoms with E-state index in [-0.39, 0.29) is 16.8 Å². The summed E-state index contributed by atoms with van der Waals surface area (Å²) in [4.78, 5) is 21.9. The second-order valence-electron chi connectivity index (χ2n) is 6.93. The average Bonchev–Trinajstić information content (AvgIpc) is 3.00. The number of halogens is 2. The van der Waals surface area contributed by atoms with Gasteiger partial charge in [0.2, 0.25) is 0 Å². The van der Waals surface area contributed by atoms with Gasteiger partial charge in [-0.1, -0.05) is 0 Å². The summed E-state index contributed by atoms with van der Waals surface area (Å²) in [7, 11) is 0. The van der Waals surface area contributed by atoms with Crippen LogP contribution in [0.15, 0.2) is 30.6 Å². The van der Waals surface area contributed by atoms with Crippen molar-refractivity contribution in [3.05, 3.63) is 53.6 Å². The molecule has 142 valence electrons. The molecule has 0 radical (unpaired) electrons. The van der Waals surface area contributed by atoms with E-state index in [1.165, 1.54) is 27.8 Å². The van der Waals surface area contributed by atoms with Crippen LogP contribution in [-0.2, 0) is 4.74 Å². The molecule has 1 atom stereocenters. The Morgan fingerprint density at radius 3 is 2.64 bits per heavy atom. The van der Waals surface area contributed by atoms with Gasteiger partial charge in [-0.3, -0.25) is 14.5 Å². The van der Waals surface area contributed by atoms with Crippen LogP contribution in [-0.4, -0.2) is 31.3 Å². The fourth-order valence-corrected chi connectivity index (χ4v) is 3.56. The summed E-state index contributed by atoms with van der Waals surface area (Å²) in [5, 5.41) is 9.48. The molecule has 2 aromatic heterocycles. The van der Waals surface area contributed by atoms with E-state index in [2.05, 4.69) is 9.97 Å². The number of nitriles is 1. The summed E-state index contributed by atoms with van der Waals surface area (Å²) in [6.45, 7) is 5.18. The van der Waals surface area contributed by atoms with Crippen LogP contribution >= 0.6 is 0 Å². The molecule has 1 saturated heterocycles. The van der Waals surface area contributed by atoms with Crippen LogP contribution in [0.5, 0.6) is 0 Å². The van der Waals surface area contributed by atoms with Crippen LogP contribution in [0.2, 0.25) is 0 Å². The van der Waals surface area contributed by atoms with Crippen molar-refractivity contribution >= 4 is 17.1 Å². The van der Waals surface area contributed by atoms with Gasteiger partial charge in [-0.05, 0) is 32.9 Å². The number of imidazole rings is 1. The Balaban J connectivity index is 2.03. The van der Waals surface area contributed by atoms with E-state index in [0.29, 0.717) is 11.3 Å². The fourth-order valence-electron chi connectivity index (χ4n) is 3.56. The molecular weight excluding hydrogens is 368 g/mol. The number of pyridine rings is 1. The van der Waals surface area contributed by atoms with Crippen LogP contribution in [0.3, 0.4) is 0 Å². The molecule has 0 unspecified atom stereocenters. The van der Waals surface area contributed by atoms with Crippen molar-refractivity contribution in [3.8, 4) is 11.8 Å². The summed E-state index contributed by atoms with van der Waals surface area (Å²) < 4.78 is 34.8. The summed E-state index contributed by atoms with van der Waals surface area (Å²) in [5.41, 5.74) is -0.293. The SMILES string of the molecule is C[C@@H](c1nc2ccc(F)c(C#N)c2n1-c1cncc(F)c1)N1C(=O)OC1(C)C. The molecule has 7 nitrogen and oxygen atoms in total. The zero-order valence-electron chi connectivity index (χ0n) is 15.3. The zero-order chi connectivity index (χ0) is 20.2. The molecule has 1 aliphatic heterocycles. The number of cyclic esters (lactones) is 1. The van der Waals surface area contributed by atoms with Gasteiger partial charge < -0.3 is 4.74 Å². The first-order valence-electron chi connectivity index (χ1n) is 8.49. The van der Waals surface area contributed by atoms with E-state index >= 15 is 0 Å². The highest BCUT2D eigenvalue weighted by Crippen LogP contribution is 2.39. The average molecular weight is 383 g/mol. The third kappa shape index (κ3) is 2.49. The number of amides is 1. The van der Waals surface area contributed by atoms with Crippen molar-refractivity contribution in [2.45, 2.75) is 32.5 Å². The maximum absolute atomic E-state index is 14.3. The van der Waals surface area contributed by atoms with Gasteiger partial charge in [0.05, 0.1) is 35.2 Å². The molecule has 0 spiro atoms. The van der Waals surface area contributed by atoms with Crippen molar-refractivity contribution in [3.63, 3.8) is 0 Å². The van der Waals surface area contributed by atoms with Crippen molar-refractivity contribution in [2.24, 2.45) is 0 Å². The van der Waals surface area contributed by atoms with Crippen LogP contribution in [0, 0.1) is 23.0 Å². The quantitative estimate of drug-likeness (QED) is 0.687. The first-order chi connectivity index (χ1) is 13.2.